The Hall–Kier alpha value is -3.27. The van der Waals surface area contributed by atoms with E-state index in [1.54, 1.807) is 25.3 Å². The molecule has 0 aliphatic rings. The first kappa shape index (κ1) is 18.5. The van der Waals surface area contributed by atoms with Crippen molar-refractivity contribution in [2.45, 2.75) is 20.5 Å². The van der Waals surface area contributed by atoms with E-state index in [1.165, 1.54) is 0 Å². The van der Waals surface area contributed by atoms with E-state index in [2.05, 4.69) is 11.4 Å². The summed E-state index contributed by atoms with van der Waals surface area (Å²) in [6.07, 6.45) is 0. The molecular formula is C23H23NO3. The minimum atomic E-state index is -0.187. The maximum absolute atomic E-state index is 12.6. The summed E-state index contributed by atoms with van der Waals surface area (Å²) < 4.78 is 11.2. The summed E-state index contributed by atoms with van der Waals surface area (Å²) >= 11 is 0. The minimum absolute atomic E-state index is 0.187. The average molecular weight is 361 g/mol. The van der Waals surface area contributed by atoms with E-state index in [-0.39, 0.29) is 5.91 Å². The molecule has 4 nitrogen and oxygen atoms in total. The van der Waals surface area contributed by atoms with Gasteiger partial charge in [-0.05, 0) is 60.9 Å². The highest BCUT2D eigenvalue weighted by Crippen LogP contribution is 2.29. The molecule has 1 N–H and O–H groups in total. The van der Waals surface area contributed by atoms with Crippen molar-refractivity contribution in [1.29, 1.82) is 0 Å². The Bertz CT molecular complexity index is 915. The number of anilines is 1. The minimum Gasteiger partial charge on any atom is -0.493 e. The molecule has 0 unspecified atom stereocenters. The lowest BCUT2D eigenvalue weighted by Crippen LogP contribution is -2.12. The molecule has 0 heterocycles. The van der Waals surface area contributed by atoms with Crippen molar-refractivity contribution >= 4 is 11.6 Å². The van der Waals surface area contributed by atoms with Crippen LogP contribution in [0.25, 0.3) is 0 Å². The predicted octanol–water partition coefficient (Wildman–Crippen LogP) is 5.14. The second-order valence-electron chi connectivity index (χ2n) is 6.47. The fourth-order valence-electron chi connectivity index (χ4n) is 2.91. The molecule has 0 bridgehead atoms. The average Bonchev–Trinajstić information content (AvgIpc) is 2.66. The van der Waals surface area contributed by atoms with Crippen molar-refractivity contribution in [3.63, 3.8) is 0 Å². The van der Waals surface area contributed by atoms with Gasteiger partial charge in [-0.1, -0.05) is 36.4 Å². The van der Waals surface area contributed by atoms with Crippen LogP contribution in [-0.2, 0) is 6.61 Å². The zero-order valence-electron chi connectivity index (χ0n) is 15.8. The first-order valence-corrected chi connectivity index (χ1v) is 8.79. The molecule has 3 aromatic carbocycles. The second kappa shape index (κ2) is 8.41. The maximum atomic E-state index is 12.6. The molecular weight excluding hydrogens is 338 g/mol. The quantitative estimate of drug-likeness (QED) is 0.661. The van der Waals surface area contributed by atoms with Crippen molar-refractivity contribution in [1.82, 2.24) is 0 Å². The van der Waals surface area contributed by atoms with Gasteiger partial charge in [0.25, 0.3) is 5.91 Å². The van der Waals surface area contributed by atoms with E-state index >= 15 is 0 Å². The van der Waals surface area contributed by atoms with Crippen molar-refractivity contribution in [3.05, 3.63) is 89.0 Å². The topological polar surface area (TPSA) is 47.6 Å². The Morgan fingerprint density at radius 2 is 1.59 bits per heavy atom. The molecule has 3 rings (SSSR count). The first-order valence-electron chi connectivity index (χ1n) is 8.79. The Kier molecular flexibility index (Phi) is 5.77. The van der Waals surface area contributed by atoms with Crippen LogP contribution in [0.1, 0.15) is 27.0 Å². The second-order valence-corrected chi connectivity index (χ2v) is 6.47. The molecule has 138 valence electrons. The highest BCUT2D eigenvalue weighted by atomic mass is 16.5. The Morgan fingerprint density at radius 1 is 0.889 bits per heavy atom. The monoisotopic (exact) mass is 361 g/mol. The number of carbonyl (C=O) groups excluding carboxylic acids is 1. The van der Waals surface area contributed by atoms with Gasteiger partial charge in [0.05, 0.1) is 7.11 Å². The van der Waals surface area contributed by atoms with E-state index in [9.17, 15) is 4.79 Å². The fourth-order valence-corrected chi connectivity index (χ4v) is 2.91. The molecule has 0 saturated heterocycles. The van der Waals surface area contributed by atoms with Gasteiger partial charge in [-0.2, -0.15) is 0 Å². The molecule has 0 radical (unpaired) electrons. The predicted molar refractivity (Wildman–Crippen MR) is 108 cm³/mol. The highest BCUT2D eigenvalue weighted by molar-refractivity contribution is 6.04. The summed E-state index contributed by atoms with van der Waals surface area (Å²) in [4.78, 5) is 12.6. The van der Waals surface area contributed by atoms with Crippen molar-refractivity contribution < 1.29 is 14.3 Å². The van der Waals surface area contributed by atoms with Crippen LogP contribution in [0.5, 0.6) is 11.5 Å². The molecule has 0 spiro atoms. The Labute approximate surface area is 159 Å². The van der Waals surface area contributed by atoms with Crippen molar-refractivity contribution in [2.75, 3.05) is 12.4 Å². The number of rotatable bonds is 6. The number of hydrogen-bond donors (Lipinski definition) is 1. The number of carbonyl (C=O) groups is 1. The van der Waals surface area contributed by atoms with E-state index in [0.717, 1.165) is 22.4 Å². The van der Waals surface area contributed by atoms with Gasteiger partial charge in [0, 0.05) is 11.3 Å². The summed E-state index contributed by atoms with van der Waals surface area (Å²) in [6, 6.07) is 21.0. The van der Waals surface area contributed by atoms with Gasteiger partial charge in [-0.25, -0.2) is 0 Å². The first-order chi connectivity index (χ1) is 13.0. The standard InChI is InChI=1S/C23H23NO3/c1-16-11-17(2)13-20(12-16)24-23(25)19-9-10-21(22(14-19)26-3)27-15-18-7-5-4-6-8-18/h4-14H,15H2,1-3H3,(H,24,25). The van der Waals surface area contributed by atoms with Crippen molar-refractivity contribution in [3.8, 4) is 11.5 Å². The van der Waals surface area contributed by atoms with Crippen LogP contribution in [0.2, 0.25) is 0 Å². The van der Waals surface area contributed by atoms with Crippen LogP contribution < -0.4 is 14.8 Å². The fraction of sp³-hybridized carbons (Fsp3) is 0.174. The van der Waals surface area contributed by atoms with Gasteiger partial charge in [-0.3, -0.25) is 4.79 Å². The third-order valence-electron chi connectivity index (χ3n) is 4.14. The smallest absolute Gasteiger partial charge is 0.255 e. The molecule has 0 saturated carbocycles. The largest absolute Gasteiger partial charge is 0.493 e. The normalized spacial score (nSPS) is 10.3. The SMILES string of the molecule is COc1cc(C(=O)Nc2cc(C)cc(C)c2)ccc1OCc1ccccc1. The van der Waals surface area contributed by atoms with Gasteiger partial charge >= 0.3 is 0 Å². The number of amides is 1. The van der Waals surface area contributed by atoms with E-state index in [4.69, 9.17) is 9.47 Å². The molecule has 1 amide bonds. The molecule has 0 aliphatic heterocycles. The number of hydrogen-bond acceptors (Lipinski definition) is 3. The Balaban J connectivity index is 1.73. The van der Waals surface area contributed by atoms with Crippen molar-refractivity contribution in [2.24, 2.45) is 0 Å². The van der Waals surface area contributed by atoms with Gasteiger partial charge in [0.2, 0.25) is 0 Å². The molecule has 3 aromatic rings. The summed E-state index contributed by atoms with van der Waals surface area (Å²) in [6.45, 7) is 4.44. The van der Waals surface area contributed by atoms with Crippen LogP contribution in [-0.4, -0.2) is 13.0 Å². The lowest BCUT2D eigenvalue weighted by Gasteiger charge is -2.13. The highest BCUT2D eigenvalue weighted by Gasteiger charge is 2.12. The van der Waals surface area contributed by atoms with Gasteiger partial charge in [-0.15, -0.1) is 0 Å². The molecule has 0 fully saturated rings. The van der Waals surface area contributed by atoms with Gasteiger partial charge < -0.3 is 14.8 Å². The number of nitrogens with one attached hydrogen (secondary N) is 1. The molecule has 27 heavy (non-hydrogen) atoms. The zero-order chi connectivity index (χ0) is 19.2. The van der Waals surface area contributed by atoms with Gasteiger partial charge in [0.1, 0.15) is 6.61 Å². The third-order valence-corrected chi connectivity index (χ3v) is 4.14. The third kappa shape index (κ3) is 4.88. The summed E-state index contributed by atoms with van der Waals surface area (Å²) in [5.74, 6) is 0.941. The molecule has 4 heteroatoms. The van der Waals surface area contributed by atoms with E-state index < -0.39 is 0 Å². The van der Waals surface area contributed by atoms with Gasteiger partial charge in [0.15, 0.2) is 11.5 Å². The van der Waals surface area contributed by atoms with Crippen LogP contribution >= 0.6 is 0 Å². The van der Waals surface area contributed by atoms with Crippen LogP contribution in [0.15, 0.2) is 66.7 Å². The van der Waals surface area contributed by atoms with E-state index in [0.29, 0.717) is 23.7 Å². The van der Waals surface area contributed by atoms with E-state index in [1.807, 2.05) is 56.3 Å². The number of aryl methyl sites for hydroxylation is 2. The number of methoxy groups -OCH3 is 1. The number of ether oxygens (including phenoxy) is 2. The van der Waals surface area contributed by atoms with Crippen LogP contribution in [0.4, 0.5) is 5.69 Å². The molecule has 0 atom stereocenters. The summed E-state index contributed by atoms with van der Waals surface area (Å²) in [5.41, 5.74) is 4.57. The van der Waals surface area contributed by atoms with Crippen LogP contribution in [0, 0.1) is 13.8 Å². The maximum Gasteiger partial charge on any atom is 0.255 e. The van der Waals surface area contributed by atoms with Crippen LogP contribution in [0.3, 0.4) is 0 Å². The Morgan fingerprint density at radius 3 is 2.26 bits per heavy atom. The lowest BCUT2D eigenvalue weighted by molar-refractivity contribution is 0.102. The molecule has 0 aliphatic carbocycles. The zero-order valence-corrected chi connectivity index (χ0v) is 15.8. The summed E-state index contributed by atoms with van der Waals surface area (Å²) in [5, 5.41) is 2.93. The number of benzene rings is 3. The molecule has 0 aromatic heterocycles. The summed E-state index contributed by atoms with van der Waals surface area (Å²) in [7, 11) is 1.57. The lowest BCUT2D eigenvalue weighted by atomic mass is 10.1.